The van der Waals surface area contributed by atoms with Crippen LogP contribution in [0, 0.1) is 0 Å². The lowest BCUT2D eigenvalue weighted by molar-refractivity contribution is 0.850. The van der Waals surface area contributed by atoms with Gasteiger partial charge in [0.25, 0.3) is 0 Å². The van der Waals surface area contributed by atoms with Crippen LogP contribution in [0.15, 0.2) is 48.8 Å². The second kappa shape index (κ2) is 5.22. The quantitative estimate of drug-likeness (QED) is 0.613. The molecule has 0 spiro atoms. The SMILES string of the molecule is CC(C)c1c(Cl)ncnc1-c1ccc2ccccc2c1. The lowest BCUT2D eigenvalue weighted by atomic mass is 9.97. The molecule has 0 aliphatic heterocycles. The van der Waals surface area contributed by atoms with Crippen molar-refractivity contribution in [1.29, 1.82) is 0 Å². The predicted octanol–water partition coefficient (Wildman–Crippen LogP) is 5.07. The Labute approximate surface area is 123 Å². The normalized spacial score (nSPS) is 11.2. The maximum absolute atomic E-state index is 6.24. The van der Waals surface area contributed by atoms with E-state index in [1.807, 2.05) is 12.1 Å². The van der Waals surface area contributed by atoms with Crippen LogP contribution >= 0.6 is 11.6 Å². The average molecular weight is 283 g/mol. The van der Waals surface area contributed by atoms with Crippen LogP contribution in [0.4, 0.5) is 0 Å². The summed E-state index contributed by atoms with van der Waals surface area (Å²) in [6.07, 6.45) is 1.53. The smallest absolute Gasteiger partial charge is 0.136 e. The summed E-state index contributed by atoms with van der Waals surface area (Å²) in [6, 6.07) is 14.7. The first-order valence-corrected chi connectivity index (χ1v) is 7.04. The van der Waals surface area contributed by atoms with Gasteiger partial charge in [0, 0.05) is 11.1 Å². The van der Waals surface area contributed by atoms with Gasteiger partial charge in [-0.15, -0.1) is 0 Å². The molecule has 0 unspecified atom stereocenters. The highest BCUT2D eigenvalue weighted by atomic mass is 35.5. The average Bonchev–Trinajstić information content (AvgIpc) is 2.46. The third-order valence-electron chi connectivity index (χ3n) is 3.44. The Balaban J connectivity index is 2.23. The van der Waals surface area contributed by atoms with Crippen molar-refractivity contribution in [2.45, 2.75) is 19.8 Å². The lowest BCUT2D eigenvalue weighted by Crippen LogP contribution is -1.99. The van der Waals surface area contributed by atoms with Gasteiger partial charge in [0.2, 0.25) is 0 Å². The first-order chi connectivity index (χ1) is 9.66. The van der Waals surface area contributed by atoms with Crippen LogP contribution < -0.4 is 0 Å². The molecule has 0 fully saturated rings. The first kappa shape index (κ1) is 13.1. The number of aromatic nitrogens is 2. The minimum absolute atomic E-state index is 0.283. The fraction of sp³-hybridized carbons (Fsp3) is 0.176. The Kier molecular flexibility index (Phi) is 3.41. The molecule has 0 radical (unpaired) electrons. The fourth-order valence-electron chi connectivity index (χ4n) is 2.45. The molecule has 0 atom stereocenters. The van der Waals surface area contributed by atoms with E-state index in [0.717, 1.165) is 16.8 Å². The number of hydrogen-bond acceptors (Lipinski definition) is 2. The van der Waals surface area contributed by atoms with Gasteiger partial charge in [-0.1, -0.05) is 61.8 Å². The Bertz CT molecular complexity index is 766. The zero-order valence-corrected chi connectivity index (χ0v) is 12.2. The van der Waals surface area contributed by atoms with E-state index in [9.17, 15) is 0 Å². The molecular formula is C17H15ClN2. The standard InChI is InChI=1S/C17H15ClN2/c1-11(2)15-16(19-10-20-17(15)18)14-8-7-12-5-3-4-6-13(12)9-14/h3-11H,1-2H3. The van der Waals surface area contributed by atoms with Crippen molar-refractivity contribution in [3.8, 4) is 11.3 Å². The molecule has 1 heterocycles. The van der Waals surface area contributed by atoms with Crippen molar-refractivity contribution in [2.75, 3.05) is 0 Å². The van der Waals surface area contributed by atoms with E-state index in [1.165, 1.54) is 17.1 Å². The first-order valence-electron chi connectivity index (χ1n) is 6.66. The van der Waals surface area contributed by atoms with E-state index in [-0.39, 0.29) is 5.92 Å². The van der Waals surface area contributed by atoms with Gasteiger partial charge >= 0.3 is 0 Å². The molecule has 0 aliphatic rings. The number of rotatable bonds is 2. The Morgan fingerprint density at radius 1 is 0.950 bits per heavy atom. The minimum atomic E-state index is 0.283. The van der Waals surface area contributed by atoms with Crippen molar-refractivity contribution in [3.63, 3.8) is 0 Å². The molecule has 1 aromatic heterocycles. The number of halogens is 1. The summed E-state index contributed by atoms with van der Waals surface area (Å²) < 4.78 is 0. The molecule has 0 saturated heterocycles. The summed E-state index contributed by atoms with van der Waals surface area (Å²) in [5.41, 5.74) is 3.01. The molecular weight excluding hydrogens is 268 g/mol. The largest absolute Gasteiger partial charge is 0.236 e. The highest BCUT2D eigenvalue weighted by Gasteiger charge is 2.15. The summed E-state index contributed by atoms with van der Waals surface area (Å²) in [6.45, 7) is 4.21. The Hall–Kier alpha value is -1.93. The molecule has 20 heavy (non-hydrogen) atoms. The molecule has 3 rings (SSSR count). The van der Waals surface area contributed by atoms with Crippen LogP contribution in [0.1, 0.15) is 25.3 Å². The van der Waals surface area contributed by atoms with Crippen LogP contribution in [0.3, 0.4) is 0 Å². The highest BCUT2D eigenvalue weighted by molar-refractivity contribution is 6.30. The van der Waals surface area contributed by atoms with Crippen LogP contribution in [-0.2, 0) is 0 Å². The second-order valence-electron chi connectivity index (χ2n) is 5.14. The fourth-order valence-corrected chi connectivity index (χ4v) is 2.80. The summed E-state index contributed by atoms with van der Waals surface area (Å²) >= 11 is 6.24. The summed E-state index contributed by atoms with van der Waals surface area (Å²) in [5, 5.41) is 2.97. The Morgan fingerprint density at radius 2 is 1.70 bits per heavy atom. The molecule has 0 bridgehead atoms. The minimum Gasteiger partial charge on any atom is -0.236 e. The molecule has 0 saturated carbocycles. The predicted molar refractivity (Wildman–Crippen MR) is 84.1 cm³/mol. The number of fused-ring (bicyclic) bond motifs is 1. The van der Waals surface area contributed by atoms with Crippen LogP contribution in [-0.4, -0.2) is 9.97 Å². The van der Waals surface area contributed by atoms with Gasteiger partial charge in [0.15, 0.2) is 0 Å². The molecule has 100 valence electrons. The van der Waals surface area contributed by atoms with Crippen molar-refractivity contribution < 1.29 is 0 Å². The van der Waals surface area contributed by atoms with Gasteiger partial charge in [-0.25, -0.2) is 9.97 Å². The molecule has 3 aromatic rings. The van der Waals surface area contributed by atoms with Gasteiger partial charge in [-0.05, 0) is 22.8 Å². The molecule has 0 aliphatic carbocycles. The summed E-state index contributed by atoms with van der Waals surface area (Å²) in [4.78, 5) is 8.55. The van der Waals surface area contributed by atoms with E-state index < -0.39 is 0 Å². The van der Waals surface area contributed by atoms with E-state index in [2.05, 4.69) is 54.1 Å². The van der Waals surface area contributed by atoms with Crippen LogP contribution in [0.5, 0.6) is 0 Å². The van der Waals surface area contributed by atoms with Crippen molar-refractivity contribution >= 4 is 22.4 Å². The van der Waals surface area contributed by atoms with E-state index in [0.29, 0.717) is 5.15 Å². The second-order valence-corrected chi connectivity index (χ2v) is 5.50. The summed E-state index contributed by atoms with van der Waals surface area (Å²) in [5.74, 6) is 0.283. The molecule has 3 heteroatoms. The van der Waals surface area contributed by atoms with E-state index >= 15 is 0 Å². The topological polar surface area (TPSA) is 25.8 Å². The maximum Gasteiger partial charge on any atom is 0.136 e. The van der Waals surface area contributed by atoms with Gasteiger partial charge in [0.1, 0.15) is 11.5 Å². The number of nitrogens with zero attached hydrogens (tertiary/aromatic N) is 2. The molecule has 0 amide bonds. The molecule has 0 N–H and O–H groups in total. The number of hydrogen-bond donors (Lipinski definition) is 0. The van der Waals surface area contributed by atoms with Crippen molar-refractivity contribution in [2.24, 2.45) is 0 Å². The van der Waals surface area contributed by atoms with Crippen molar-refractivity contribution in [1.82, 2.24) is 9.97 Å². The van der Waals surface area contributed by atoms with Crippen LogP contribution in [0.2, 0.25) is 5.15 Å². The zero-order chi connectivity index (χ0) is 14.1. The zero-order valence-electron chi connectivity index (χ0n) is 11.5. The molecule has 2 nitrogen and oxygen atoms in total. The number of benzene rings is 2. The van der Waals surface area contributed by atoms with Crippen molar-refractivity contribution in [3.05, 3.63) is 59.5 Å². The van der Waals surface area contributed by atoms with Gasteiger partial charge in [-0.2, -0.15) is 0 Å². The summed E-state index contributed by atoms with van der Waals surface area (Å²) in [7, 11) is 0. The Morgan fingerprint density at radius 3 is 2.45 bits per heavy atom. The third kappa shape index (κ3) is 2.27. The monoisotopic (exact) mass is 282 g/mol. The van der Waals surface area contributed by atoms with Gasteiger partial charge in [0.05, 0.1) is 5.69 Å². The lowest BCUT2D eigenvalue weighted by Gasteiger charge is -2.13. The van der Waals surface area contributed by atoms with E-state index in [4.69, 9.17) is 11.6 Å². The highest BCUT2D eigenvalue weighted by Crippen LogP contribution is 2.32. The van der Waals surface area contributed by atoms with E-state index in [1.54, 1.807) is 0 Å². The molecule has 2 aromatic carbocycles. The maximum atomic E-state index is 6.24. The van der Waals surface area contributed by atoms with Crippen LogP contribution in [0.25, 0.3) is 22.0 Å². The van der Waals surface area contributed by atoms with Gasteiger partial charge < -0.3 is 0 Å². The van der Waals surface area contributed by atoms with Gasteiger partial charge in [-0.3, -0.25) is 0 Å². The third-order valence-corrected chi connectivity index (χ3v) is 3.74.